The zero-order chi connectivity index (χ0) is 15.9. The average Bonchev–Trinajstić information content (AvgIpc) is 2.53. The number of nitrogens with one attached hydrogen (secondary N) is 1. The number of hydrogen-bond donors (Lipinski definition) is 1. The van der Waals surface area contributed by atoms with E-state index in [-0.39, 0.29) is 23.4 Å². The Hall–Kier alpha value is -2.02. The van der Waals surface area contributed by atoms with Crippen LogP contribution >= 0.6 is 0 Å². The second kappa shape index (κ2) is 7.84. The van der Waals surface area contributed by atoms with E-state index in [1.54, 1.807) is 12.0 Å². The standard InChI is InChI=1S/C15H20FN3O3/c1-22-7-4-14(20)19-5-2-13(3-6-19)18-15(21)11-8-12(16)10-17-9-11/h8-10,13H,2-7H2,1H3,(H,18,21). The average molecular weight is 309 g/mol. The van der Waals surface area contributed by atoms with E-state index >= 15 is 0 Å². The molecule has 1 fully saturated rings. The molecule has 7 heteroatoms. The maximum atomic E-state index is 13.1. The number of rotatable bonds is 5. The first kappa shape index (κ1) is 16.4. The van der Waals surface area contributed by atoms with Crippen molar-refractivity contribution in [2.45, 2.75) is 25.3 Å². The molecule has 1 saturated heterocycles. The first-order valence-electron chi connectivity index (χ1n) is 7.28. The predicted octanol–water partition coefficient (Wildman–Crippen LogP) is 0.978. The Bertz CT molecular complexity index is 531. The van der Waals surface area contributed by atoms with Crippen LogP contribution in [0.1, 0.15) is 29.6 Å². The summed E-state index contributed by atoms with van der Waals surface area (Å²) in [5, 5.41) is 2.86. The molecular weight excluding hydrogens is 289 g/mol. The molecule has 120 valence electrons. The van der Waals surface area contributed by atoms with Gasteiger partial charge in [0, 0.05) is 32.4 Å². The SMILES string of the molecule is COCCC(=O)N1CCC(NC(=O)c2cncc(F)c2)CC1. The quantitative estimate of drug-likeness (QED) is 0.880. The third-order valence-corrected chi connectivity index (χ3v) is 3.67. The first-order valence-corrected chi connectivity index (χ1v) is 7.28. The van der Waals surface area contributed by atoms with Gasteiger partial charge >= 0.3 is 0 Å². The molecule has 2 heterocycles. The van der Waals surface area contributed by atoms with E-state index in [1.165, 1.54) is 6.20 Å². The molecule has 2 rings (SSSR count). The summed E-state index contributed by atoms with van der Waals surface area (Å²) in [5.74, 6) is -0.802. The Labute approximate surface area is 128 Å². The molecular formula is C15H20FN3O3. The molecule has 0 aliphatic carbocycles. The molecule has 6 nitrogen and oxygen atoms in total. The summed E-state index contributed by atoms with van der Waals surface area (Å²) in [6.45, 7) is 1.63. The molecule has 1 aliphatic heterocycles. The van der Waals surface area contributed by atoms with Gasteiger partial charge < -0.3 is 15.0 Å². The van der Waals surface area contributed by atoms with Gasteiger partial charge in [0.2, 0.25) is 5.91 Å². The second-order valence-electron chi connectivity index (χ2n) is 5.26. The van der Waals surface area contributed by atoms with E-state index in [9.17, 15) is 14.0 Å². The number of likely N-dealkylation sites (tertiary alicyclic amines) is 1. The number of halogens is 1. The number of nitrogens with zero attached hydrogens (tertiary/aromatic N) is 2. The highest BCUT2D eigenvalue weighted by atomic mass is 19.1. The highest BCUT2D eigenvalue weighted by Crippen LogP contribution is 2.12. The second-order valence-corrected chi connectivity index (χ2v) is 5.26. The summed E-state index contributed by atoms with van der Waals surface area (Å²) in [6, 6.07) is 1.15. The molecule has 0 radical (unpaired) electrons. The van der Waals surface area contributed by atoms with E-state index in [1.807, 2.05) is 0 Å². The molecule has 0 atom stereocenters. The van der Waals surface area contributed by atoms with Crippen molar-refractivity contribution in [1.82, 2.24) is 15.2 Å². The first-order chi connectivity index (χ1) is 10.6. The molecule has 0 unspecified atom stereocenters. The summed E-state index contributed by atoms with van der Waals surface area (Å²) >= 11 is 0. The van der Waals surface area contributed by atoms with E-state index < -0.39 is 5.82 Å². The number of carbonyl (C=O) groups is 2. The molecule has 0 spiro atoms. The van der Waals surface area contributed by atoms with Crippen molar-refractivity contribution < 1.29 is 18.7 Å². The zero-order valence-corrected chi connectivity index (χ0v) is 12.5. The normalized spacial score (nSPS) is 15.6. The van der Waals surface area contributed by atoms with Crippen LogP contribution in [-0.4, -0.2) is 54.5 Å². The fourth-order valence-corrected chi connectivity index (χ4v) is 2.43. The van der Waals surface area contributed by atoms with Crippen LogP contribution in [0.3, 0.4) is 0 Å². The number of amides is 2. The van der Waals surface area contributed by atoms with Crippen molar-refractivity contribution in [3.63, 3.8) is 0 Å². The van der Waals surface area contributed by atoms with Gasteiger partial charge in [-0.25, -0.2) is 4.39 Å². The fraction of sp³-hybridized carbons (Fsp3) is 0.533. The minimum atomic E-state index is -0.536. The Morgan fingerprint density at radius 3 is 2.77 bits per heavy atom. The lowest BCUT2D eigenvalue weighted by Gasteiger charge is -2.32. The van der Waals surface area contributed by atoms with Gasteiger partial charge in [-0.2, -0.15) is 0 Å². The highest BCUT2D eigenvalue weighted by Gasteiger charge is 2.24. The van der Waals surface area contributed by atoms with Crippen LogP contribution < -0.4 is 5.32 Å². The van der Waals surface area contributed by atoms with Gasteiger partial charge in [0.15, 0.2) is 0 Å². The van der Waals surface area contributed by atoms with Gasteiger partial charge in [-0.1, -0.05) is 0 Å². The van der Waals surface area contributed by atoms with Crippen LogP contribution in [0, 0.1) is 5.82 Å². The number of aromatic nitrogens is 1. The summed E-state index contributed by atoms with van der Waals surface area (Å²) in [6.07, 6.45) is 4.14. The summed E-state index contributed by atoms with van der Waals surface area (Å²) in [5.41, 5.74) is 0.207. The van der Waals surface area contributed by atoms with Gasteiger partial charge in [0.25, 0.3) is 5.91 Å². The van der Waals surface area contributed by atoms with Gasteiger partial charge in [-0.15, -0.1) is 0 Å². The molecule has 1 aliphatic rings. The molecule has 0 saturated carbocycles. The van der Waals surface area contributed by atoms with Crippen LogP contribution in [0.4, 0.5) is 4.39 Å². The van der Waals surface area contributed by atoms with Gasteiger partial charge in [0.05, 0.1) is 24.8 Å². The van der Waals surface area contributed by atoms with Crippen LogP contribution in [-0.2, 0) is 9.53 Å². The number of carbonyl (C=O) groups excluding carboxylic acids is 2. The summed E-state index contributed by atoms with van der Waals surface area (Å²) < 4.78 is 17.9. The van der Waals surface area contributed by atoms with Crippen LogP contribution in [0.5, 0.6) is 0 Å². The van der Waals surface area contributed by atoms with Crippen molar-refractivity contribution >= 4 is 11.8 Å². The minimum absolute atomic E-state index is 0.0118. The fourth-order valence-electron chi connectivity index (χ4n) is 2.43. The highest BCUT2D eigenvalue weighted by molar-refractivity contribution is 5.94. The molecule has 1 aromatic heterocycles. The van der Waals surface area contributed by atoms with Gasteiger partial charge in [-0.05, 0) is 18.9 Å². The lowest BCUT2D eigenvalue weighted by Crippen LogP contribution is -2.46. The van der Waals surface area contributed by atoms with E-state index in [0.29, 0.717) is 39.0 Å². The van der Waals surface area contributed by atoms with Crippen molar-refractivity contribution in [1.29, 1.82) is 0 Å². The van der Waals surface area contributed by atoms with Crippen LogP contribution in [0.25, 0.3) is 0 Å². The summed E-state index contributed by atoms with van der Waals surface area (Å²) in [7, 11) is 1.57. The van der Waals surface area contributed by atoms with Crippen molar-refractivity contribution in [3.05, 3.63) is 29.8 Å². The van der Waals surface area contributed by atoms with E-state index in [2.05, 4.69) is 10.3 Å². The molecule has 2 amide bonds. The zero-order valence-electron chi connectivity index (χ0n) is 12.5. The number of ether oxygens (including phenoxy) is 1. The van der Waals surface area contributed by atoms with Gasteiger partial charge in [-0.3, -0.25) is 14.6 Å². The van der Waals surface area contributed by atoms with Crippen LogP contribution in [0.2, 0.25) is 0 Å². The maximum Gasteiger partial charge on any atom is 0.253 e. The summed E-state index contributed by atoms with van der Waals surface area (Å²) in [4.78, 5) is 29.3. The molecule has 0 bridgehead atoms. The van der Waals surface area contributed by atoms with Crippen molar-refractivity contribution in [2.24, 2.45) is 0 Å². The van der Waals surface area contributed by atoms with Crippen molar-refractivity contribution in [3.8, 4) is 0 Å². The number of pyridine rings is 1. The molecule has 22 heavy (non-hydrogen) atoms. The smallest absolute Gasteiger partial charge is 0.253 e. The monoisotopic (exact) mass is 309 g/mol. The van der Waals surface area contributed by atoms with Crippen molar-refractivity contribution in [2.75, 3.05) is 26.8 Å². The lowest BCUT2D eigenvalue weighted by atomic mass is 10.0. The maximum absolute atomic E-state index is 13.1. The minimum Gasteiger partial charge on any atom is -0.384 e. The van der Waals surface area contributed by atoms with E-state index in [4.69, 9.17) is 4.74 Å². The Kier molecular flexibility index (Phi) is 5.83. The Balaban J connectivity index is 1.80. The number of methoxy groups -OCH3 is 1. The number of piperidine rings is 1. The van der Waals surface area contributed by atoms with Crippen LogP contribution in [0.15, 0.2) is 18.5 Å². The Morgan fingerprint density at radius 2 is 2.14 bits per heavy atom. The number of hydrogen-bond acceptors (Lipinski definition) is 4. The van der Waals surface area contributed by atoms with Gasteiger partial charge in [0.1, 0.15) is 5.82 Å². The Morgan fingerprint density at radius 1 is 1.41 bits per heavy atom. The largest absolute Gasteiger partial charge is 0.384 e. The van der Waals surface area contributed by atoms with E-state index in [0.717, 1.165) is 12.3 Å². The molecule has 1 N–H and O–H groups in total. The third-order valence-electron chi connectivity index (χ3n) is 3.67. The topological polar surface area (TPSA) is 71.5 Å². The molecule has 1 aromatic rings. The predicted molar refractivity (Wildman–Crippen MR) is 77.8 cm³/mol. The molecule has 0 aromatic carbocycles. The lowest BCUT2D eigenvalue weighted by molar-refractivity contribution is -0.133. The third kappa shape index (κ3) is 4.49.